The Balaban J connectivity index is 3.20. The molecule has 0 spiro atoms. The van der Waals surface area contributed by atoms with Crippen LogP contribution in [-0.4, -0.2) is 6.29 Å². The Morgan fingerprint density at radius 3 is 2.69 bits per heavy atom. The number of carbonyl (C=O) groups is 1. The number of aldehydes is 1. The molecular weight excluding hydrogens is 303 g/mol. The predicted octanol–water partition coefficient (Wildman–Crippen LogP) is 3.22. The zero-order valence-electron chi connectivity index (χ0n) is 6.69. The van der Waals surface area contributed by atoms with Gasteiger partial charge < -0.3 is 4.79 Å². The van der Waals surface area contributed by atoms with Crippen LogP contribution in [0.4, 0.5) is 4.39 Å². The molecule has 1 aromatic carbocycles. The van der Waals surface area contributed by atoms with Crippen molar-refractivity contribution in [2.45, 2.75) is 11.8 Å². The van der Waals surface area contributed by atoms with E-state index in [1.165, 1.54) is 6.07 Å². The molecule has 1 aromatic rings. The summed E-state index contributed by atoms with van der Waals surface area (Å²) in [5.74, 6) is -0.344. The van der Waals surface area contributed by atoms with Crippen LogP contribution < -0.4 is 0 Å². The largest absolute Gasteiger partial charge is 0.303 e. The summed E-state index contributed by atoms with van der Waals surface area (Å²) in [7, 11) is 0. The molecule has 0 amide bonds. The Hall–Kier alpha value is -0.220. The van der Waals surface area contributed by atoms with Gasteiger partial charge >= 0.3 is 0 Å². The monoisotopic (exact) mass is 308 g/mol. The van der Waals surface area contributed by atoms with Gasteiger partial charge in [-0.05, 0) is 11.6 Å². The van der Waals surface area contributed by atoms with Crippen LogP contribution in [0.15, 0.2) is 16.6 Å². The minimum atomic E-state index is -0.344. The number of halogens is 3. The highest BCUT2D eigenvalue weighted by Gasteiger charge is 2.09. The van der Waals surface area contributed by atoms with Crippen LogP contribution >= 0.6 is 31.9 Å². The molecule has 0 saturated heterocycles. The van der Waals surface area contributed by atoms with Crippen LogP contribution in [0.5, 0.6) is 0 Å². The lowest BCUT2D eigenvalue weighted by Gasteiger charge is -2.06. The normalized spacial score (nSPS) is 10.1. The fourth-order valence-electron chi connectivity index (χ4n) is 1.02. The highest BCUT2D eigenvalue weighted by atomic mass is 79.9. The summed E-state index contributed by atoms with van der Waals surface area (Å²) < 4.78 is 13.8. The molecule has 0 unspecified atom stereocenters. The molecule has 70 valence electrons. The van der Waals surface area contributed by atoms with E-state index in [1.54, 1.807) is 6.07 Å². The van der Waals surface area contributed by atoms with Crippen molar-refractivity contribution in [2.75, 3.05) is 0 Å². The minimum Gasteiger partial charge on any atom is -0.303 e. The maximum absolute atomic E-state index is 13.1. The zero-order valence-corrected chi connectivity index (χ0v) is 9.86. The third kappa shape index (κ3) is 2.38. The first-order valence-corrected chi connectivity index (χ1v) is 5.57. The standard InChI is InChI=1S/C9H7Br2FO/c10-5-6-1-2-8(12)7(3-4-13)9(6)11/h1-2,4H,3,5H2. The van der Waals surface area contributed by atoms with Gasteiger partial charge in [-0.25, -0.2) is 4.39 Å². The van der Waals surface area contributed by atoms with Gasteiger partial charge in [0.2, 0.25) is 0 Å². The van der Waals surface area contributed by atoms with Gasteiger partial charge in [0.15, 0.2) is 0 Å². The summed E-state index contributed by atoms with van der Waals surface area (Å²) in [6.07, 6.45) is 0.800. The van der Waals surface area contributed by atoms with Gasteiger partial charge in [-0.1, -0.05) is 37.9 Å². The van der Waals surface area contributed by atoms with Crippen LogP contribution in [-0.2, 0) is 16.5 Å². The van der Waals surface area contributed by atoms with E-state index in [-0.39, 0.29) is 12.2 Å². The third-order valence-corrected chi connectivity index (χ3v) is 3.29. The van der Waals surface area contributed by atoms with E-state index in [4.69, 9.17) is 0 Å². The Bertz CT molecular complexity index is 326. The summed E-state index contributed by atoms with van der Waals surface area (Å²) in [6.45, 7) is 0. The molecule has 0 atom stereocenters. The number of hydrogen-bond acceptors (Lipinski definition) is 1. The molecule has 0 N–H and O–H groups in total. The van der Waals surface area contributed by atoms with Crippen molar-refractivity contribution in [3.8, 4) is 0 Å². The Morgan fingerprint density at radius 2 is 2.15 bits per heavy atom. The van der Waals surface area contributed by atoms with Gasteiger partial charge in [-0.15, -0.1) is 0 Å². The van der Waals surface area contributed by atoms with Gasteiger partial charge in [0, 0.05) is 21.8 Å². The van der Waals surface area contributed by atoms with Crippen molar-refractivity contribution in [2.24, 2.45) is 0 Å². The van der Waals surface area contributed by atoms with E-state index >= 15 is 0 Å². The van der Waals surface area contributed by atoms with Gasteiger partial charge in [-0.3, -0.25) is 0 Å². The predicted molar refractivity (Wildman–Crippen MR) is 56.5 cm³/mol. The molecule has 1 nitrogen and oxygen atoms in total. The topological polar surface area (TPSA) is 17.1 Å². The molecule has 0 saturated carbocycles. The minimum absolute atomic E-state index is 0.104. The number of carbonyl (C=O) groups excluding carboxylic acids is 1. The van der Waals surface area contributed by atoms with E-state index in [0.29, 0.717) is 21.7 Å². The molecule has 0 fully saturated rings. The van der Waals surface area contributed by atoms with Crippen molar-refractivity contribution >= 4 is 38.1 Å². The van der Waals surface area contributed by atoms with Gasteiger partial charge in [0.05, 0.1) is 0 Å². The lowest BCUT2D eigenvalue weighted by atomic mass is 10.1. The summed E-state index contributed by atoms with van der Waals surface area (Å²) >= 11 is 6.54. The molecule has 0 bridgehead atoms. The SMILES string of the molecule is O=CCc1c(F)ccc(CBr)c1Br. The van der Waals surface area contributed by atoms with Gasteiger partial charge in [-0.2, -0.15) is 0 Å². The fourth-order valence-corrected chi connectivity index (χ4v) is 2.49. The van der Waals surface area contributed by atoms with Gasteiger partial charge in [0.1, 0.15) is 12.1 Å². The molecule has 4 heteroatoms. The summed E-state index contributed by atoms with van der Waals surface area (Å²) in [5, 5.41) is 0.639. The van der Waals surface area contributed by atoms with E-state index < -0.39 is 0 Å². The zero-order chi connectivity index (χ0) is 9.84. The second kappa shape index (κ2) is 4.86. The van der Waals surface area contributed by atoms with Crippen LogP contribution in [0.2, 0.25) is 0 Å². The number of hydrogen-bond donors (Lipinski definition) is 0. The second-order valence-corrected chi connectivity index (χ2v) is 3.86. The first-order chi connectivity index (χ1) is 6.20. The smallest absolute Gasteiger partial charge is 0.127 e. The molecule has 13 heavy (non-hydrogen) atoms. The van der Waals surface area contributed by atoms with Crippen molar-refractivity contribution in [3.05, 3.63) is 33.5 Å². The third-order valence-electron chi connectivity index (χ3n) is 1.70. The molecule has 0 radical (unpaired) electrons. The Morgan fingerprint density at radius 1 is 1.46 bits per heavy atom. The quantitative estimate of drug-likeness (QED) is 0.619. The maximum atomic E-state index is 13.1. The molecule has 1 rings (SSSR count). The fraction of sp³-hybridized carbons (Fsp3) is 0.222. The molecule has 0 aliphatic carbocycles. The summed E-state index contributed by atoms with van der Waals surface area (Å²) in [6, 6.07) is 3.06. The van der Waals surface area contributed by atoms with Crippen LogP contribution in [0.3, 0.4) is 0 Å². The van der Waals surface area contributed by atoms with Crippen LogP contribution in [0, 0.1) is 5.82 Å². The van der Waals surface area contributed by atoms with Crippen molar-refractivity contribution in [1.29, 1.82) is 0 Å². The van der Waals surface area contributed by atoms with E-state index in [2.05, 4.69) is 31.9 Å². The Labute approximate surface area is 92.6 Å². The average Bonchev–Trinajstić information content (AvgIpc) is 2.12. The first kappa shape index (κ1) is 10.9. The molecule has 0 aliphatic rings. The lowest BCUT2D eigenvalue weighted by molar-refractivity contribution is -0.107. The van der Waals surface area contributed by atoms with E-state index in [0.717, 1.165) is 5.56 Å². The maximum Gasteiger partial charge on any atom is 0.127 e. The van der Waals surface area contributed by atoms with Gasteiger partial charge in [0.25, 0.3) is 0 Å². The number of rotatable bonds is 3. The number of alkyl halides is 1. The highest BCUT2D eigenvalue weighted by molar-refractivity contribution is 9.10. The van der Waals surface area contributed by atoms with Crippen molar-refractivity contribution < 1.29 is 9.18 Å². The average molecular weight is 310 g/mol. The first-order valence-electron chi connectivity index (χ1n) is 3.66. The summed E-state index contributed by atoms with van der Waals surface area (Å²) in [5.41, 5.74) is 1.37. The summed E-state index contributed by atoms with van der Waals surface area (Å²) in [4.78, 5) is 10.3. The molecule has 0 aliphatic heterocycles. The lowest BCUT2D eigenvalue weighted by Crippen LogP contribution is -1.96. The second-order valence-electron chi connectivity index (χ2n) is 2.50. The Kier molecular flexibility index (Phi) is 4.06. The highest BCUT2D eigenvalue weighted by Crippen LogP contribution is 2.26. The molecule has 0 heterocycles. The van der Waals surface area contributed by atoms with E-state index in [1.807, 2.05) is 0 Å². The van der Waals surface area contributed by atoms with Crippen LogP contribution in [0.1, 0.15) is 11.1 Å². The number of benzene rings is 1. The van der Waals surface area contributed by atoms with Crippen molar-refractivity contribution in [1.82, 2.24) is 0 Å². The molecule has 0 aromatic heterocycles. The van der Waals surface area contributed by atoms with Crippen LogP contribution in [0.25, 0.3) is 0 Å². The van der Waals surface area contributed by atoms with Crippen molar-refractivity contribution in [3.63, 3.8) is 0 Å². The molecular formula is C9H7Br2FO. The van der Waals surface area contributed by atoms with E-state index in [9.17, 15) is 9.18 Å².